The van der Waals surface area contributed by atoms with Crippen LogP contribution in [-0.2, 0) is 0 Å². The van der Waals surface area contributed by atoms with E-state index in [2.05, 4.69) is 10.5 Å². The van der Waals surface area contributed by atoms with Gasteiger partial charge >= 0.3 is 6.18 Å². The van der Waals surface area contributed by atoms with E-state index in [0.717, 1.165) is 0 Å². The Bertz CT molecular complexity index is 326. The highest BCUT2D eigenvalue weighted by atomic mass is 19.4. The quantitative estimate of drug-likeness (QED) is 0.289. The van der Waals surface area contributed by atoms with Gasteiger partial charge in [0.2, 0.25) is 0 Å². The van der Waals surface area contributed by atoms with E-state index < -0.39 is 17.9 Å². The van der Waals surface area contributed by atoms with Crippen molar-refractivity contribution >= 4 is 5.84 Å². The average Bonchev–Trinajstić information content (AvgIpc) is 3.18. The molecule has 7 heteroatoms. The predicted molar refractivity (Wildman–Crippen MR) is 64.8 cm³/mol. The molecule has 0 heterocycles. The van der Waals surface area contributed by atoms with Crippen LogP contribution in [0, 0.1) is 23.7 Å². The fourth-order valence-corrected chi connectivity index (χ4v) is 2.62. The molecule has 4 N–H and O–H groups in total. The molecule has 0 amide bonds. The fraction of sp³-hybridized carbons (Fsp3) is 0.917. The first-order valence-corrected chi connectivity index (χ1v) is 6.68. The lowest BCUT2D eigenvalue weighted by Crippen LogP contribution is -2.44. The summed E-state index contributed by atoms with van der Waals surface area (Å²) in [4.78, 5) is 0. The highest BCUT2D eigenvalue weighted by molar-refractivity contribution is 5.83. The molecule has 0 bridgehead atoms. The second-order valence-electron chi connectivity index (χ2n) is 5.62. The van der Waals surface area contributed by atoms with Gasteiger partial charge in [-0.05, 0) is 50.0 Å². The van der Waals surface area contributed by atoms with E-state index in [4.69, 9.17) is 10.9 Å². The largest absolute Gasteiger partial charge is 0.409 e. The molecule has 110 valence electrons. The summed E-state index contributed by atoms with van der Waals surface area (Å²) < 4.78 is 38.1. The van der Waals surface area contributed by atoms with Crippen LogP contribution in [0.5, 0.6) is 0 Å². The molecule has 2 aliphatic carbocycles. The topological polar surface area (TPSA) is 70.6 Å². The Labute approximate surface area is 110 Å². The van der Waals surface area contributed by atoms with E-state index >= 15 is 0 Å². The maximum Gasteiger partial charge on any atom is 0.400 e. The number of amidine groups is 1. The molecule has 0 aromatic rings. The number of halogens is 3. The van der Waals surface area contributed by atoms with Crippen molar-refractivity contribution in [3.8, 4) is 0 Å². The molecule has 0 saturated heterocycles. The van der Waals surface area contributed by atoms with Crippen LogP contribution in [0.2, 0.25) is 0 Å². The number of hydrogen-bond acceptors (Lipinski definition) is 3. The van der Waals surface area contributed by atoms with Crippen LogP contribution in [0.1, 0.15) is 25.7 Å². The van der Waals surface area contributed by atoms with E-state index in [1.165, 1.54) is 25.7 Å². The molecule has 1 unspecified atom stereocenters. The third-order valence-corrected chi connectivity index (χ3v) is 4.05. The van der Waals surface area contributed by atoms with Crippen molar-refractivity contribution in [2.45, 2.75) is 31.9 Å². The standard InChI is InChI=1S/C12H20F3N3O/c13-12(14,15)10(11(16)18-19)6-17-5-9(7-1-2-7)8-3-4-8/h7-10,17,19H,1-6H2,(H2,16,18). The lowest BCUT2D eigenvalue weighted by Gasteiger charge is -2.22. The van der Waals surface area contributed by atoms with E-state index in [1.54, 1.807) is 0 Å². The highest BCUT2D eigenvalue weighted by Crippen LogP contribution is 2.48. The Morgan fingerprint density at radius 1 is 1.21 bits per heavy atom. The summed E-state index contributed by atoms with van der Waals surface area (Å²) in [5, 5.41) is 13.7. The van der Waals surface area contributed by atoms with E-state index in [0.29, 0.717) is 24.3 Å². The second-order valence-corrected chi connectivity index (χ2v) is 5.62. The zero-order valence-corrected chi connectivity index (χ0v) is 10.7. The molecule has 2 saturated carbocycles. The summed E-state index contributed by atoms with van der Waals surface area (Å²) in [6.45, 7) is 0.274. The van der Waals surface area contributed by atoms with Gasteiger partial charge in [-0.15, -0.1) is 0 Å². The van der Waals surface area contributed by atoms with Gasteiger partial charge in [0, 0.05) is 6.54 Å². The molecule has 1 atom stereocenters. The van der Waals surface area contributed by atoms with Gasteiger partial charge in [-0.25, -0.2) is 0 Å². The van der Waals surface area contributed by atoms with Gasteiger partial charge in [-0.3, -0.25) is 0 Å². The first-order valence-electron chi connectivity index (χ1n) is 6.68. The minimum Gasteiger partial charge on any atom is -0.409 e. The lowest BCUT2D eigenvalue weighted by molar-refractivity contribution is -0.155. The molecular formula is C12H20F3N3O. The van der Waals surface area contributed by atoms with Gasteiger partial charge in [0.25, 0.3) is 0 Å². The Hall–Kier alpha value is -0.980. The third kappa shape index (κ3) is 3.99. The summed E-state index contributed by atoms with van der Waals surface area (Å²) in [5.41, 5.74) is 5.10. The fourth-order valence-electron chi connectivity index (χ4n) is 2.62. The van der Waals surface area contributed by atoms with Gasteiger partial charge in [-0.2, -0.15) is 13.2 Å². The van der Waals surface area contributed by atoms with Gasteiger partial charge in [0.1, 0.15) is 5.92 Å². The van der Waals surface area contributed by atoms with Gasteiger partial charge < -0.3 is 16.3 Å². The molecule has 19 heavy (non-hydrogen) atoms. The Kier molecular flexibility index (Phi) is 4.23. The third-order valence-electron chi connectivity index (χ3n) is 4.05. The van der Waals surface area contributed by atoms with Crippen molar-refractivity contribution in [3.63, 3.8) is 0 Å². The van der Waals surface area contributed by atoms with Crippen LogP contribution in [0.3, 0.4) is 0 Å². The monoisotopic (exact) mass is 279 g/mol. The summed E-state index contributed by atoms with van der Waals surface area (Å²) in [6.07, 6.45) is 0.313. The smallest absolute Gasteiger partial charge is 0.400 e. The van der Waals surface area contributed by atoms with Crippen LogP contribution in [0.15, 0.2) is 5.16 Å². The number of nitrogens with zero attached hydrogens (tertiary/aromatic N) is 1. The lowest BCUT2D eigenvalue weighted by atomic mass is 9.97. The minimum absolute atomic E-state index is 0.324. The number of oxime groups is 1. The molecule has 4 nitrogen and oxygen atoms in total. The van der Waals surface area contributed by atoms with Crippen molar-refractivity contribution < 1.29 is 18.4 Å². The number of hydrogen-bond donors (Lipinski definition) is 3. The maximum atomic E-state index is 12.7. The zero-order valence-electron chi connectivity index (χ0n) is 10.7. The summed E-state index contributed by atoms with van der Waals surface area (Å²) in [5.74, 6) is -0.825. The zero-order chi connectivity index (χ0) is 14.0. The number of nitrogens with two attached hydrogens (primary N) is 1. The van der Waals surface area contributed by atoms with Crippen molar-refractivity contribution in [1.29, 1.82) is 0 Å². The van der Waals surface area contributed by atoms with Crippen molar-refractivity contribution in [2.75, 3.05) is 13.1 Å². The molecule has 2 rings (SSSR count). The summed E-state index contributed by atoms with van der Waals surface area (Å²) in [6, 6.07) is 0. The molecule has 2 aliphatic rings. The van der Waals surface area contributed by atoms with Crippen molar-refractivity contribution in [3.05, 3.63) is 0 Å². The predicted octanol–water partition coefficient (Wildman–Crippen LogP) is 1.94. The van der Waals surface area contributed by atoms with E-state index in [9.17, 15) is 13.2 Å². The van der Waals surface area contributed by atoms with Crippen LogP contribution in [0.25, 0.3) is 0 Å². The average molecular weight is 279 g/mol. The molecule has 0 aromatic heterocycles. The van der Waals surface area contributed by atoms with Crippen LogP contribution in [0.4, 0.5) is 13.2 Å². The Balaban J connectivity index is 1.81. The van der Waals surface area contributed by atoms with Gasteiger partial charge in [0.05, 0.1) is 0 Å². The van der Waals surface area contributed by atoms with Crippen molar-refractivity contribution in [2.24, 2.45) is 34.6 Å². The molecular weight excluding hydrogens is 259 g/mol. The van der Waals surface area contributed by atoms with E-state index in [-0.39, 0.29) is 6.54 Å². The second kappa shape index (κ2) is 5.56. The molecule has 0 spiro atoms. The maximum absolute atomic E-state index is 12.7. The molecule has 0 aliphatic heterocycles. The first kappa shape index (κ1) is 14.4. The number of rotatable bonds is 7. The Morgan fingerprint density at radius 3 is 2.11 bits per heavy atom. The Morgan fingerprint density at radius 2 is 1.74 bits per heavy atom. The number of nitrogens with one attached hydrogen (secondary N) is 1. The van der Waals surface area contributed by atoms with Gasteiger partial charge in [-0.1, -0.05) is 5.16 Å². The number of alkyl halides is 3. The van der Waals surface area contributed by atoms with Crippen LogP contribution in [-0.4, -0.2) is 30.3 Å². The first-order chi connectivity index (χ1) is 8.93. The van der Waals surface area contributed by atoms with Crippen molar-refractivity contribution in [1.82, 2.24) is 5.32 Å². The highest BCUT2D eigenvalue weighted by Gasteiger charge is 2.44. The SMILES string of the molecule is NC(=NO)C(CNCC(C1CC1)C1CC1)C(F)(F)F. The molecule has 0 radical (unpaired) electrons. The normalized spacial score (nSPS) is 22.8. The minimum atomic E-state index is -4.49. The summed E-state index contributed by atoms with van der Waals surface area (Å²) in [7, 11) is 0. The van der Waals surface area contributed by atoms with E-state index in [1.807, 2.05) is 0 Å². The summed E-state index contributed by atoms with van der Waals surface area (Å²) >= 11 is 0. The van der Waals surface area contributed by atoms with Crippen LogP contribution < -0.4 is 11.1 Å². The van der Waals surface area contributed by atoms with Gasteiger partial charge in [0.15, 0.2) is 5.84 Å². The molecule has 2 fully saturated rings. The molecule has 0 aromatic carbocycles. The van der Waals surface area contributed by atoms with Crippen LogP contribution >= 0.6 is 0 Å².